The number of nitrogens with zero attached hydrogens (tertiary/aromatic N) is 3. The molecule has 1 aliphatic heterocycles. The molecule has 0 aliphatic carbocycles. The van der Waals surface area contributed by atoms with Crippen LogP contribution in [0.4, 0.5) is 14.7 Å². The lowest BCUT2D eigenvalue weighted by Crippen LogP contribution is -2.30. The highest BCUT2D eigenvalue weighted by Gasteiger charge is 2.27. The van der Waals surface area contributed by atoms with Crippen molar-refractivity contribution in [1.29, 1.82) is 0 Å². The number of halogens is 2. The van der Waals surface area contributed by atoms with E-state index in [0.29, 0.717) is 48.1 Å². The second-order valence-electron chi connectivity index (χ2n) is 9.47. The van der Waals surface area contributed by atoms with Crippen LogP contribution < -0.4 is 11.5 Å². The molecule has 208 valence electrons. The molecular weight excluding hydrogens is 516 g/mol. The number of ether oxygens (including phenoxy) is 1. The Hall–Kier alpha value is -4.44. The summed E-state index contributed by atoms with van der Waals surface area (Å²) < 4.78 is 34.0. The Labute approximate surface area is 231 Å². The summed E-state index contributed by atoms with van der Waals surface area (Å²) in [5.74, 6) is -3.02. The van der Waals surface area contributed by atoms with Crippen molar-refractivity contribution in [3.8, 4) is 11.1 Å². The molecule has 3 aromatic rings. The summed E-state index contributed by atoms with van der Waals surface area (Å²) in [7, 11) is 0. The Balaban J connectivity index is 1.67. The van der Waals surface area contributed by atoms with Gasteiger partial charge in [-0.05, 0) is 65.9 Å². The van der Waals surface area contributed by atoms with Crippen molar-refractivity contribution in [2.75, 3.05) is 25.4 Å². The van der Waals surface area contributed by atoms with Gasteiger partial charge in [-0.2, -0.15) is 0 Å². The topological polar surface area (TPSA) is 124 Å². The number of rotatable bonds is 11. The number of hydrogen-bond acceptors (Lipinski definition) is 7. The monoisotopic (exact) mass is 547 g/mol. The summed E-state index contributed by atoms with van der Waals surface area (Å²) in [6, 6.07) is 6.94. The number of hydrogen-bond donors (Lipinski definition) is 2. The van der Waals surface area contributed by atoms with Gasteiger partial charge in [-0.25, -0.2) is 18.7 Å². The minimum Gasteiger partial charge on any atom is -0.461 e. The number of fused-ring (bicyclic) bond motifs is 1. The minimum atomic E-state index is -1.07. The molecule has 0 unspecified atom stereocenters. The number of carbonyl (C=O) groups is 2. The molecule has 1 amide bonds. The van der Waals surface area contributed by atoms with Crippen LogP contribution >= 0.6 is 0 Å². The molecule has 2 heterocycles. The van der Waals surface area contributed by atoms with E-state index in [1.807, 2.05) is 0 Å². The van der Waals surface area contributed by atoms with Crippen LogP contribution in [0.15, 0.2) is 66.8 Å². The first-order valence-electron chi connectivity index (χ1n) is 12.9. The Kier molecular flexibility index (Phi) is 9.00. The predicted octanol–water partition coefficient (Wildman–Crippen LogP) is 4.84. The van der Waals surface area contributed by atoms with E-state index in [1.165, 1.54) is 0 Å². The van der Waals surface area contributed by atoms with Gasteiger partial charge in [0.15, 0.2) is 11.6 Å². The van der Waals surface area contributed by atoms with Gasteiger partial charge >= 0.3 is 5.97 Å². The van der Waals surface area contributed by atoms with E-state index in [-0.39, 0.29) is 36.1 Å². The highest BCUT2D eigenvalue weighted by Crippen LogP contribution is 2.31. The fourth-order valence-corrected chi connectivity index (χ4v) is 4.63. The van der Waals surface area contributed by atoms with E-state index in [9.17, 15) is 18.4 Å². The Morgan fingerprint density at radius 3 is 2.38 bits per heavy atom. The highest BCUT2D eigenvalue weighted by molar-refractivity contribution is 6.06. The van der Waals surface area contributed by atoms with Crippen molar-refractivity contribution < 1.29 is 23.1 Å². The van der Waals surface area contributed by atoms with Crippen LogP contribution in [0.25, 0.3) is 22.0 Å². The van der Waals surface area contributed by atoms with Crippen LogP contribution in [0.5, 0.6) is 0 Å². The lowest BCUT2D eigenvalue weighted by atomic mass is 9.97. The number of benzene rings is 2. The number of anilines is 1. The molecule has 0 spiro atoms. The van der Waals surface area contributed by atoms with Gasteiger partial charge in [-0.1, -0.05) is 37.8 Å². The minimum absolute atomic E-state index is 0.0736. The van der Waals surface area contributed by atoms with Gasteiger partial charge in [0.1, 0.15) is 12.3 Å². The normalized spacial score (nSPS) is 13.1. The first-order chi connectivity index (χ1) is 19.2. The Bertz CT molecular complexity index is 1500. The Morgan fingerprint density at radius 1 is 1.00 bits per heavy atom. The summed E-state index contributed by atoms with van der Waals surface area (Å²) in [4.78, 5) is 35.8. The van der Waals surface area contributed by atoms with Gasteiger partial charge in [-0.15, -0.1) is 0 Å². The van der Waals surface area contributed by atoms with Crippen LogP contribution in [0.2, 0.25) is 0 Å². The molecule has 0 saturated carbocycles. The van der Waals surface area contributed by atoms with Crippen LogP contribution in [0.1, 0.15) is 41.7 Å². The number of carbonyl (C=O) groups excluding carboxylic acids is 2. The quantitative estimate of drug-likeness (QED) is 0.260. The number of esters is 1. The van der Waals surface area contributed by atoms with Crippen LogP contribution in [-0.4, -0.2) is 46.4 Å². The van der Waals surface area contributed by atoms with Gasteiger partial charge < -0.3 is 21.1 Å². The third-order valence-corrected chi connectivity index (χ3v) is 6.76. The third-order valence-electron chi connectivity index (χ3n) is 6.76. The SMILES string of the molecule is C=CC1=C(C=C)CN(C(=O)c2nc(N)nc3ccc(-c4cc(F)c(F)cc4COC(=O)CCCCCN)cc23)C1. The number of nitrogens with two attached hydrogens (primary N) is 2. The first-order valence-corrected chi connectivity index (χ1v) is 12.9. The summed E-state index contributed by atoms with van der Waals surface area (Å²) in [6.07, 6.45) is 5.80. The van der Waals surface area contributed by atoms with Crippen molar-refractivity contribution in [3.05, 3.63) is 89.7 Å². The zero-order valence-electron chi connectivity index (χ0n) is 22.1. The van der Waals surface area contributed by atoms with E-state index in [2.05, 4.69) is 23.1 Å². The van der Waals surface area contributed by atoms with Crippen molar-refractivity contribution >= 4 is 28.7 Å². The zero-order valence-corrected chi connectivity index (χ0v) is 22.1. The van der Waals surface area contributed by atoms with Crippen molar-refractivity contribution in [2.45, 2.75) is 32.3 Å². The molecular formula is C30H31F2N5O3. The molecule has 0 saturated heterocycles. The smallest absolute Gasteiger partial charge is 0.306 e. The molecule has 0 fully saturated rings. The average molecular weight is 548 g/mol. The zero-order chi connectivity index (χ0) is 28.8. The van der Waals surface area contributed by atoms with Crippen molar-refractivity contribution in [2.24, 2.45) is 5.73 Å². The summed E-state index contributed by atoms with van der Waals surface area (Å²) in [6.45, 7) is 8.57. The van der Waals surface area contributed by atoms with Crippen molar-refractivity contribution in [1.82, 2.24) is 14.9 Å². The second kappa shape index (κ2) is 12.6. The van der Waals surface area contributed by atoms with E-state index in [4.69, 9.17) is 16.2 Å². The third kappa shape index (κ3) is 6.23. The summed E-state index contributed by atoms with van der Waals surface area (Å²) in [5.41, 5.74) is 14.7. The van der Waals surface area contributed by atoms with E-state index >= 15 is 0 Å². The molecule has 8 nitrogen and oxygen atoms in total. The van der Waals surface area contributed by atoms with Crippen LogP contribution in [-0.2, 0) is 16.1 Å². The molecule has 4 rings (SSSR count). The first kappa shape index (κ1) is 28.6. The molecule has 40 heavy (non-hydrogen) atoms. The van der Waals surface area contributed by atoms with E-state index in [0.717, 1.165) is 36.1 Å². The summed E-state index contributed by atoms with van der Waals surface area (Å²) >= 11 is 0. The van der Waals surface area contributed by atoms with Gasteiger partial charge in [0, 0.05) is 30.5 Å². The Morgan fingerprint density at radius 2 is 1.70 bits per heavy atom. The fourth-order valence-electron chi connectivity index (χ4n) is 4.63. The van der Waals surface area contributed by atoms with E-state index in [1.54, 1.807) is 35.3 Å². The maximum absolute atomic E-state index is 14.4. The number of amides is 1. The standard InChI is InChI=1S/C30H31F2N5O3/c1-3-18-15-37(16-19(18)4-2)29(39)28-23-12-20(9-10-26(23)35-30(34)36-28)22-14-25(32)24(31)13-21(22)17-40-27(38)8-6-5-7-11-33/h3-4,9-10,12-14H,1-2,5-8,11,15-17,33H2,(H2,34,35,36). The number of nitrogen functional groups attached to an aromatic ring is 1. The second-order valence-corrected chi connectivity index (χ2v) is 9.47. The molecule has 10 heteroatoms. The maximum Gasteiger partial charge on any atom is 0.306 e. The molecule has 2 aromatic carbocycles. The van der Waals surface area contributed by atoms with E-state index < -0.39 is 17.6 Å². The maximum atomic E-state index is 14.4. The molecule has 1 aliphatic rings. The fraction of sp³-hybridized carbons (Fsp3) is 0.267. The molecule has 0 bridgehead atoms. The van der Waals surface area contributed by atoms with Gasteiger partial charge in [0.05, 0.1) is 5.52 Å². The van der Waals surface area contributed by atoms with Gasteiger partial charge in [0.2, 0.25) is 5.95 Å². The molecule has 1 aromatic heterocycles. The average Bonchev–Trinajstić information content (AvgIpc) is 3.38. The lowest BCUT2D eigenvalue weighted by molar-refractivity contribution is -0.145. The molecule has 0 atom stereocenters. The largest absolute Gasteiger partial charge is 0.461 e. The lowest BCUT2D eigenvalue weighted by Gasteiger charge is -2.18. The van der Waals surface area contributed by atoms with Gasteiger partial charge in [-0.3, -0.25) is 9.59 Å². The van der Waals surface area contributed by atoms with Crippen LogP contribution in [0.3, 0.4) is 0 Å². The predicted molar refractivity (Wildman–Crippen MR) is 150 cm³/mol. The number of unbranched alkanes of at least 4 members (excludes halogenated alkanes) is 2. The van der Waals surface area contributed by atoms with Gasteiger partial charge in [0.25, 0.3) is 5.91 Å². The highest BCUT2D eigenvalue weighted by atomic mass is 19.2. The van der Waals surface area contributed by atoms with Crippen LogP contribution in [0, 0.1) is 11.6 Å². The summed E-state index contributed by atoms with van der Waals surface area (Å²) in [5, 5.41) is 0.386. The molecule has 0 radical (unpaired) electrons. The number of aromatic nitrogens is 2. The molecule has 4 N–H and O–H groups in total. The van der Waals surface area contributed by atoms with Crippen molar-refractivity contribution in [3.63, 3.8) is 0 Å².